The minimum Gasteiger partial charge on any atom is -0.394 e. The smallest absolute Gasteiger partial charge is 0.257 e. The van der Waals surface area contributed by atoms with Crippen molar-refractivity contribution in [3.8, 4) is 0 Å². The van der Waals surface area contributed by atoms with E-state index in [1.54, 1.807) is 21.9 Å². The van der Waals surface area contributed by atoms with Crippen LogP contribution >= 0.6 is 0 Å². The number of carbonyl (C=O) groups excluding carboxylic acids is 3. The van der Waals surface area contributed by atoms with Crippen LogP contribution in [0.5, 0.6) is 0 Å². The number of fused-ring (bicyclic) bond motifs is 3. The molecule has 3 rings (SSSR count). The number of nitrogens with one attached hydrogen (secondary N) is 1. The summed E-state index contributed by atoms with van der Waals surface area (Å²) in [7, 11) is 1.50. The Morgan fingerprint density at radius 1 is 1.36 bits per heavy atom. The van der Waals surface area contributed by atoms with Gasteiger partial charge < -0.3 is 20.1 Å². The van der Waals surface area contributed by atoms with Crippen LogP contribution in [0.25, 0.3) is 0 Å². The zero-order valence-electron chi connectivity index (χ0n) is 16.3. The fourth-order valence-corrected chi connectivity index (χ4v) is 4.08. The first kappa shape index (κ1) is 20.3. The van der Waals surface area contributed by atoms with Crippen LogP contribution < -0.4 is 10.2 Å². The average Bonchev–Trinajstić information content (AvgIpc) is 2.99. The maximum atomic E-state index is 13.1. The predicted octanol–water partition coefficient (Wildman–Crippen LogP) is 0.889. The van der Waals surface area contributed by atoms with Crippen molar-refractivity contribution in [3.63, 3.8) is 0 Å². The summed E-state index contributed by atoms with van der Waals surface area (Å²) < 4.78 is 4.95. The van der Waals surface area contributed by atoms with Crippen molar-refractivity contribution in [1.29, 1.82) is 0 Å². The Balaban J connectivity index is 1.69. The van der Waals surface area contributed by atoms with Crippen molar-refractivity contribution < 1.29 is 24.2 Å². The molecule has 8 nitrogen and oxygen atoms in total. The van der Waals surface area contributed by atoms with Crippen LogP contribution in [0, 0.1) is 0 Å². The molecule has 0 saturated carbocycles. The Labute approximate surface area is 164 Å². The van der Waals surface area contributed by atoms with E-state index in [1.165, 1.54) is 7.11 Å². The lowest BCUT2D eigenvalue weighted by atomic mass is 9.98. The van der Waals surface area contributed by atoms with Crippen molar-refractivity contribution >= 4 is 23.4 Å². The van der Waals surface area contributed by atoms with Crippen LogP contribution in [-0.4, -0.2) is 66.3 Å². The third-order valence-electron chi connectivity index (χ3n) is 5.48. The number of hydrogen-bond donors (Lipinski definition) is 2. The van der Waals surface area contributed by atoms with E-state index >= 15 is 0 Å². The molecule has 1 fully saturated rings. The average molecular weight is 389 g/mol. The monoisotopic (exact) mass is 389 g/mol. The van der Waals surface area contributed by atoms with E-state index in [2.05, 4.69) is 5.32 Å². The highest BCUT2D eigenvalue weighted by atomic mass is 16.5. The van der Waals surface area contributed by atoms with Crippen molar-refractivity contribution in [3.05, 3.63) is 29.8 Å². The molecule has 152 valence electrons. The van der Waals surface area contributed by atoms with Crippen LogP contribution in [0.3, 0.4) is 0 Å². The van der Waals surface area contributed by atoms with Gasteiger partial charge in [0.1, 0.15) is 5.66 Å². The summed E-state index contributed by atoms with van der Waals surface area (Å²) in [5, 5.41) is 12.0. The van der Waals surface area contributed by atoms with Gasteiger partial charge in [0.15, 0.2) is 0 Å². The van der Waals surface area contributed by atoms with Crippen LogP contribution in [0.4, 0.5) is 5.69 Å². The molecule has 28 heavy (non-hydrogen) atoms. The third kappa shape index (κ3) is 3.62. The van der Waals surface area contributed by atoms with Gasteiger partial charge in [-0.05, 0) is 31.9 Å². The van der Waals surface area contributed by atoms with Gasteiger partial charge in [0, 0.05) is 26.5 Å². The van der Waals surface area contributed by atoms with Crippen LogP contribution in [0.2, 0.25) is 0 Å². The first-order chi connectivity index (χ1) is 13.4. The molecule has 0 radical (unpaired) electrons. The van der Waals surface area contributed by atoms with Crippen molar-refractivity contribution in [2.45, 2.75) is 44.3 Å². The number of nitrogens with zero attached hydrogens (tertiary/aromatic N) is 2. The standard InChI is InChI=1S/C20H27N3O5/c1-20-10-9-18(26)23(20)16-7-4-3-6-15(16)19(27)22(20)11-5-8-17(25)21-14(12-24)13-28-2/h3-4,6-7,14,24H,5,8-13H2,1-2H3,(H,21,25)/t14-,20?/m0/s1. The largest absolute Gasteiger partial charge is 0.394 e. The number of anilines is 1. The van der Waals surface area contributed by atoms with Gasteiger partial charge in [0.05, 0.1) is 30.5 Å². The Kier molecular flexibility index (Phi) is 6.00. The minimum atomic E-state index is -0.706. The second-order valence-corrected chi connectivity index (χ2v) is 7.43. The third-order valence-corrected chi connectivity index (χ3v) is 5.48. The maximum absolute atomic E-state index is 13.1. The summed E-state index contributed by atoms with van der Waals surface area (Å²) in [6, 6.07) is 6.72. The molecular weight excluding hydrogens is 362 g/mol. The molecule has 8 heteroatoms. The molecule has 2 heterocycles. The molecule has 0 spiro atoms. The zero-order chi connectivity index (χ0) is 20.3. The lowest BCUT2D eigenvalue weighted by molar-refractivity contribution is -0.123. The predicted molar refractivity (Wildman–Crippen MR) is 103 cm³/mol. The Hall–Kier alpha value is -2.45. The summed E-state index contributed by atoms with van der Waals surface area (Å²) in [5.74, 6) is -0.307. The number of ether oxygens (including phenoxy) is 1. The van der Waals surface area contributed by atoms with Crippen LogP contribution in [0.15, 0.2) is 24.3 Å². The molecule has 1 unspecified atom stereocenters. The Morgan fingerprint density at radius 2 is 2.11 bits per heavy atom. The Bertz CT molecular complexity index is 768. The molecule has 0 aromatic heterocycles. The quantitative estimate of drug-likeness (QED) is 0.688. The summed E-state index contributed by atoms with van der Waals surface area (Å²) in [6.07, 6.45) is 1.64. The fraction of sp³-hybridized carbons (Fsp3) is 0.550. The van der Waals surface area contributed by atoms with Gasteiger partial charge in [0.2, 0.25) is 11.8 Å². The van der Waals surface area contributed by atoms with E-state index in [9.17, 15) is 19.5 Å². The lowest BCUT2D eigenvalue weighted by Gasteiger charge is -2.48. The molecule has 1 aromatic carbocycles. The summed E-state index contributed by atoms with van der Waals surface area (Å²) in [5.41, 5.74) is 0.472. The van der Waals surface area contributed by atoms with E-state index in [-0.39, 0.29) is 37.4 Å². The Morgan fingerprint density at radius 3 is 2.82 bits per heavy atom. The lowest BCUT2D eigenvalue weighted by Crippen LogP contribution is -2.62. The van der Waals surface area contributed by atoms with Crippen LogP contribution in [-0.2, 0) is 14.3 Å². The number of para-hydroxylation sites is 1. The van der Waals surface area contributed by atoms with E-state index in [1.807, 2.05) is 19.1 Å². The fourth-order valence-electron chi connectivity index (χ4n) is 4.08. The number of aliphatic hydroxyl groups is 1. The van der Waals surface area contributed by atoms with E-state index < -0.39 is 11.7 Å². The number of methoxy groups -OCH3 is 1. The number of hydrogen-bond acceptors (Lipinski definition) is 5. The maximum Gasteiger partial charge on any atom is 0.257 e. The second-order valence-electron chi connectivity index (χ2n) is 7.43. The van der Waals surface area contributed by atoms with Gasteiger partial charge in [-0.25, -0.2) is 0 Å². The first-order valence-corrected chi connectivity index (χ1v) is 9.55. The molecule has 1 aromatic rings. The highest BCUT2D eigenvalue weighted by Gasteiger charge is 2.52. The topological polar surface area (TPSA) is 99.2 Å². The first-order valence-electron chi connectivity index (χ1n) is 9.55. The molecule has 3 amide bonds. The molecule has 2 aliphatic rings. The van der Waals surface area contributed by atoms with Gasteiger partial charge in [-0.2, -0.15) is 0 Å². The molecule has 0 bridgehead atoms. The SMILES string of the molecule is COC[C@H](CO)NC(=O)CCCN1C(=O)c2ccccc2N2C(=O)CCC12C. The highest BCUT2D eigenvalue weighted by Crippen LogP contribution is 2.43. The summed E-state index contributed by atoms with van der Waals surface area (Å²) in [6.45, 7) is 2.32. The molecule has 1 saturated heterocycles. The number of rotatable bonds is 8. The van der Waals surface area contributed by atoms with Gasteiger partial charge in [-0.1, -0.05) is 12.1 Å². The molecule has 2 N–H and O–H groups in total. The minimum absolute atomic E-state index is 0.00977. The highest BCUT2D eigenvalue weighted by molar-refractivity contribution is 6.10. The summed E-state index contributed by atoms with van der Waals surface area (Å²) in [4.78, 5) is 41.2. The summed E-state index contributed by atoms with van der Waals surface area (Å²) >= 11 is 0. The molecule has 2 aliphatic heterocycles. The van der Waals surface area contributed by atoms with Gasteiger partial charge in [0.25, 0.3) is 5.91 Å². The number of aliphatic hydroxyl groups excluding tert-OH is 1. The van der Waals surface area contributed by atoms with Crippen molar-refractivity contribution in [1.82, 2.24) is 10.2 Å². The van der Waals surface area contributed by atoms with Gasteiger partial charge in [-0.15, -0.1) is 0 Å². The van der Waals surface area contributed by atoms with Gasteiger partial charge >= 0.3 is 0 Å². The van der Waals surface area contributed by atoms with Crippen molar-refractivity contribution in [2.75, 3.05) is 31.8 Å². The van der Waals surface area contributed by atoms with E-state index in [0.29, 0.717) is 37.1 Å². The van der Waals surface area contributed by atoms with Gasteiger partial charge in [-0.3, -0.25) is 19.3 Å². The number of amides is 3. The normalized spacial score (nSPS) is 22.1. The molecule has 2 atom stereocenters. The van der Waals surface area contributed by atoms with E-state index in [4.69, 9.17) is 4.74 Å². The van der Waals surface area contributed by atoms with E-state index in [0.717, 1.165) is 0 Å². The molecule has 0 aliphatic carbocycles. The van der Waals surface area contributed by atoms with Crippen molar-refractivity contribution in [2.24, 2.45) is 0 Å². The zero-order valence-corrected chi connectivity index (χ0v) is 16.3. The number of benzene rings is 1. The van der Waals surface area contributed by atoms with Crippen LogP contribution in [0.1, 0.15) is 43.0 Å². The second kappa shape index (κ2) is 8.28. The molecular formula is C20H27N3O5. The number of carbonyl (C=O) groups is 3.